The second kappa shape index (κ2) is 39.7. The van der Waals surface area contributed by atoms with Crippen LogP contribution in [-0.2, 0) is 52.5 Å². The summed E-state index contributed by atoms with van der Waals surface area (Å²) < 4.78 is 20.8. The number of carboxylic acid groups (broad SMARTS) is 2. The summed E-state index contributed by atoms with van der Waals surface area (Å²) in [5.74, 6) is -3.40. The molecule has 0 aromatic rings. The number of nitrogens with two attached hydrogens (primary N) is 1. The van der Waals surface area contributed by atoms with Gasteiger partial charge in [0.05, 0.1) is 39.6 Å². The fraction of sp³-hybridized carbons (Fsp3) is 0.844. The van der Waals surface area contributed by atoms with E-state index in [2.05, 4.69) is 21.3 Å². The highest BCUT2D eigenvalue weighted by molar-refractivity contribution is 5.85. The maximum atomic E-state index is 12.9. The van der Waals surface area contributed by atoms with Crippen LogP contribution in [0.3, 0.4) is 0 Å². The second-order valence-electron chi connectivity index (χ2n) is 16.5. The molecule has 1 saturated carbocycles. The van der Waals surface area contributed by atoms with Crippen molar-refractivity contribution in [3.63, 3.8) is 0 Å². The number of nitrogens with one attached hydrogen (secondary N) is 4. The number of unbranched alkanes of at least 4 members (excludes halogenated alkanes) is 15. The zero-order valence-electron chi connectivity index (χ0n) is 37.9. The molecule has 1 rings (SSSR count). The van der Waals surface area contributed by atoms with Crippen LogP contribution in [0, 0.1) is 11.8 Å². The minimum atomic E-state index is -1.20. The van der Waals surface area contributed by atoms with Crippen LogP contribution in [-0.4, -0.2) is 130 Å². The van der Waals surface area contributed by atoms with Crippen molar-refractivity contribution < 1.29 is 62.7 Å². The van der Waals surface area contributed by atoms with Gasteiger partial charge in [0.15, 0.2) is 0 Å². The van der Waals surface area contributed by atoms with Crippen LogP contribution in [0.5, 0.6) is 0 Å². The number of ether oxygens (including phenoxy) is 4. The summed E-state index contributed by atoms with van der Waals surface area (Å²) in [4.78, 5) is 82.4. The van der Waals surface area contributed by atoms with Gasteiger partial charge in [0, 0.05) is 44.8 Å². The predicted octanol–water partition coefficient (Wildman–Crippen LogP) is 4.15. The lowest BCUT2D eigenvalue weighted by Gasteiger charge is -2.28. The molecule has 5 amide bonds. The van der Waals surface area contributed by atoms with Gasteiger partial charge in [0.2, 0.25) is 29.5 Å². The Morgan fingerprint density at radius 1 is 0.508 bits per heavy atom. The van der Waals surface area contributed by atoms with Crippen molar-refractivity contribution in [2.45, 2.75) is 160 Å². The largest absolute Gasteiger partial charge is 0.481 e. The van der Waals surface area contributed by atoms with Crippen LogP contribution in [0.2, 0.25) is 0 Å². The van der Waals surface area contributed by atoms with Crippen LogP contribution in [0.15, 0.2) is 0 Å². The van der Waals surface area contributed by atoms with Crippen LogP contribution in [0.25, 0.3) is 0 Å². The summed E-state index contributed by atoms with van der Waals surface area (Å²) in [6.07, 6.45) is 22.2. The number of rotatable bonds is 43. The van der Waals surface area contributed by atoms with E-state index in [1.165, 1.54) is 64.2 Å². The zero-order chi connectivity index (χ0) is 46.2. The lowest BCUT2D eigenvalue weighted by atomic mass is 9.81. The molecule has 8 N–H and O–H groups in total. The summed E-state index contributed by atoms with van der Waals surface area (Å²) in [7, 11) is 0. The number of hydrogen-bond donors (Lipinski definition) is 7. The molecule has 1 unspecified atom stereocenters. The fourth-order valence-electron chi connectivity index (χ4n) is 7.28. The highest BCUT2D eigenvalue weighted by Crippen LogP contribution is 2.29. The zero-order valence-corrected chi connectivity index (χ0v) is 37.9. The number of hydrogen-bond acceptors (Lipinski definition) is 11. The molecule has 0 aliphatic heterocycles. The van der Waals surface area contributed by atoms with Crippen molar-refractivity contribution in [2.24, 2.45) is 17.6 Å². The Balaban J connectivity index is 2.00. The normalized spacial score (nSPS) is 15.3. The van der Waals surface area contributed by atoms with Crippen molar-refractivity contribution >= 4 is 41.5 Å². The van der Waals surface area contributed by atoms with E-state index >= 15 is 0 Å². The number of aliphatic carboxylic acids is 2. The maximum absolute atomic E-state index is 12.9. The van der Waals surface area contributed by atoms with Crippen LogP contribution >= 0.6 is 0 Å². The Labute approximate surface area is 375 Å². The lowest BCUT2D eigenvalue weighted by molar-refractivity contribution is -0.143. The smallest absolute Gasteiger partial charge is 0.326 e. The SMILES string of the molecule is NC(=O)COCCOCCNC(=O)COCCOCCNC(=O)CCC(NC(=O)C1CCC(CNC(=O)CCCCCCCCCCCCCCCCCCC(=O)O)CC1)C(=O)O. The molecule has 364 valence electrons. The van der Waals surface area contributed by atoms with Gasteiger partial charge in [0.1, 0.15) is 19.3 Å². The van der Waals surface area contributed by atoms with Crippen molar-refractivity contribution in [3.05, 3.63) is 0 Å². The molecule has 18 nitrogen and oxygen atoms in total. The van der Waals surface area contributed by atoms with Gasteiger partial charge in [-0.1, -0.05) is 89.9 Å². The maximum Gasteiger partial charge on any atom is 0.326 e. The Morgan fingerprint density at radius 3 is 1.44 bits per heavy atom. The monoisotopic (exact) mass is 900 g/mol. The highest BCUT2D eigenvalue weighted by Gasteiger charge is 2.29. The first-order valence-electron chi connectivity index (χ1n) is 23.6. The number of carbonyl (C=O) groups is 7. The quantitative estimate of drug-likeness (QED) is 0.0425. The van der Waals surface area contributed by atoms with Gasteiger partial charge < -0.3 is 56.2 Å². The van der Waals surface area contributed by atoms with Gasteiger partial charge in [-0.05, 0) is 50.9 Å². The first-order chi connectivity index (χ1) is 30.5. The van der Waals surface area contributed by atoms with Gasteiger partial charge in [-0.3, -0.25) is 28.8 Å². The summed E-state index contributed by atoms with van der Waals surface area (Å²) in [5, 5.41) is 29.3. The molecule has 1 aliphatic carbocycles. The number of carbonyl (C=O) groups excluding carboxylic acids is 5. The molecule has 0 saturated heterocycles. The van der Waals surface area contributed by atoms with E-state index in [1.807, 2.05) is 0 Å². The molecule has 0 aromatic heterocycles. The summed E-state index contributed by atoms with van der Waals surface area (Å²) >= 11 is 0. The second-order valence-corrected chi connectivity index (χ2v) is 16.5. The molecule has 0 spiro atoms. The first kappa shape index (κ1) is 57.1. The fourth-order valence-corrected chi connectivity index (χ4v) is 7.28. The first-order valence-corrected chi connectivity index (χ1v) is 23.6. The van der Waals surface area contributed by atoms with E-state index in [0.717, 1.165) is 51.4 Å². The Morgan fingerprint density at radius 2 is 0.952 bits per heavy atom. The number of carboxylic acids is 2. The molecule has 1 atom stereocenters. The molecule has 0 bridgehead atoms. The van der Waals surface area contributed by atoms with Gasteiger partial charge in [0.25, 0.3) is 0 Å². The van der Waals surface area contributed by atoms with E-state index in [-0.39, 0.29) is 114 Å². The molecule has 63 heavy (non-hydrogen) atoms. The lowest BCUT2D eigenvalue weighted by Crippen LogP contribution is -2.45. The summed E-state index contributed by atoms with van der Waals surface area (Å²) in [6, 6.07) is -1.18. The van der Waals surface area contributed by atoms with Crippen LogP contribution in [0.1, 0.15) is 154 Å². The van der Waals surface area contributed by atoms with Crippen LogP contribution < -0.4 is 27.0 Å². The molecule has 18 heteroatoms. The van der Waals surface area contributed by atoms with Gasteiger partial charge >= 0.3 is 11.9 Å². The third-order valence-electron chi connectivity index (χ3n) is 11.0. The van der Waals surface area contributed by atoms with Crippen molar-refractivity contribution in [3.8, 4) is 0 Å². The minimum Gasteiger partial charge on any atom is -0.481 e. The predicted molar refractivity (Wildman–Crippen MR) is 236 cm³/mol. The van der Waals surface area contributed by atoms with Crippen molar-refractivity contribution in [1.82, 2.24) is 21.3 Å². The van der Waals surface area contributed by atoms with E-state index in [1.54, 1.807) is 0 Å². The summed E-state index contributed by atoms with van der Waals surface area (Å²) in [6.45, 7) is 2.06. The Hall–Kier alpha value is -3.87. The highest BCUT2D eigenvalue weighted by atomic mass is 16.5. The van der Waals surface area contributed by atoms with Gasteiger partial charge in [-0.15, -0.1) is 0 Å². The Bertz CT molecular complexity index is 1270. The molecule has 1 aliphatic rings. The van der Waals surface area contributed by atoms with Gasteiger partial charge in [-0.25, -0.2) is 4.79 Å². The minimum absolute atomic E-state index is 0.0497. The standard InChI is InChI=1S/C45H81N5O13/c46-39(51)34-62-31-29-61-28-26-48-42(54)35-63-32-30-60-27-25-47-41(53)24-23-38(45(58)59)50-44(57)37-21-19-36(20-22-37)33-49-40(52)17-15-13-11-9-7-5-3-1-2-4-6-8-10-12-14-16-18-43(55)56/h36-38H,1-35H2,(H2,46,51)(H,47,53)(H,48,54)(H,49,52)(H,50,57)(H,55,56)(H,58,59). The molecular weight excluding hydrogens is 819 g/mol. The van der Waals surface area contributed by atoms with Crippen molar-refractivity contribution in [2.75, 3.05) is 72.5 Å². The van der Waals surface area contributed by atoms with E-state index < -0.39 is 23.9 Å². The third-order valence-corrected chi connectivity index (χ3v) is 11.0. The molecule has 0 aromatic carbocycles. The number of amides is 5. The average Bonchev–Trinajstić information content (AvgIpc) is 3.25. The number of primary amides is 1. The molecule has 1 fully saturated rings. The third kappa shape index (κ3) is 36.2. The van der Waals surface area contributed by atoms with Crippen molar-refractivity contribution in [1.29, 1.82) is 0 Å². The molecular formula is C45H81N5O13. The topological polar surface area (TPSA) is 271 Å². The van der Waals surface area contributed by atoms with E-state index in [9.17, 15) is 38.7 Å². The molecule has 0 radical (unpaired) electrons. The van der Waals surface area contributed by atoms with E-state index in [4.69, 9.17) is 29.8 Å². The summed E-state index contributed by atoms with van der Waals surface area (Å²) in [5.41, 5.74) is 4.95. The molecule has 0 heterocycles. The van der Waals surface area contributed by atoms with E-state index in [0.29, 0.717) is 32.2 Å². The van der Waals surface area contributed by atoms with Gasteiger partial charge in [-0.2, -0.15) is 0 Å². The Kier molecular flexibility index (Phi) is 36.0. The van der Waals surface area contributed by atoms with Crippen LogP contribution in [0.4, 0.5) is 0 Å². The average molecular weight is 900 g/mol.